The number of rotatable bonds is 6. The lowest BCUT2D eigenvalue weighted by Gasteiger charge is -2.10. The third kappa shape index (κ3) is 6.08. The molecule has 2 aromatic carbocycles. The van der Waals surface area contributed by atoms with Crippen LogP contribution < -0.4 is 10.6 Å². The number of anilines is 1. The van der Waals surface area contributed by atoms with E-state index in [9.17, 15) is 0 Å². The molecule has 0 saturated heterocycles. The molecule has 0 atom stereocenters. The maximum atomic E-state index is 5.31. The van der Waals surface area contributed by atoms with E-state index < -0.39 is 0 Å². The highest BCUT2D eigenvalue weighted by molar-refractivity contribution is 7.99. The molecule has 116 valence electrons. The summed E-state index contributed by atoms with van der Waals surface area (Å²) in [5.74, 6) is 1.09. The summed E-state index contributed by atoms with van der Waals surface area (Å²) < 4.78 is 0. The first-order chi connectivity index (χ1) is 10.6. The molecule has 0 amide bonds. The summed E-state index contributed by atoms with van der Waals surface area (Å²) in [6.45, 7) is 5.07. The number of thioether (sulfide) groups is 1. The first-order valence-corrected chi connectivity index (χ1v) is 8.84. The third-order valence-corrected chi connectivity index (χ3v) is 4.52. The highest BCUT2D eigenvalue weighted by Gasteiger charge is 1.98. The van der Waals surface area contributed by atoms with Gasteiger partial charge in [0.1, 0.15) is 0 Å². The van der Waals surface area contributed by atoms with Crippen LogP contribution in [-0.2, 0) is 0 Å². The highest BCUT2D eigenvalue weighted by atomic mass is 32.2. The average Bonchev–Trinajstić information content (AvgIpc) is 2.49. The zero-order valence-corrected chi connectivity index (χ0v) is 14.7. The van der Waals surface area contributed by atoms with Crippen LogP contribution in [0.5, 0.6) is 0 Å². The molecule has 2 rings (SSSR count). The zero-order valence-electron chi connectivity index (χ0n) is 13.1. The second kappa shape index (κ2) is 8.81. The number of hydrogen-bond acceptors (Lipinski definition) is 2. The molecule has 0 aliphatic heterocycles. The van der Waals surface area contributed by atoms with Crippen LogP contribution in [0.2, 0.25) is 0 Å². The molecule has 2 aromatic rings. The lowest BCUT2D eigenvalue weighted by atomic mass is 10.2. The summed E-state index contributed by atoms with van der Waals surface area (Å²) in [5.41, 5.74) is 3.56. The predicted molar refractivity (Wildman–Crippen MR) is 102 cm³/mol. The number of thiocarbonyl (C=S) groups is 1. The summed E-state index contributed by atoms with van der Waals surface area (Å²) >= 11 is 7.19. The molecule has 0 aliphatic carbocycles. The Labute approximate surface area is 142 Å². The lowest BCUT2D eigenvalue weighted by Crippen LogP contribution is -2.29. The lowest BCUT2D eigenvalue weighted by molar-refractivity contribution is 0.854. The first-order valence-electron chi connectivity index (χ1n) is 7.44. The van der Waals surface area contributed by atoms with E-state index in [1.165, 1.54) is 16.0 Å². The molecular formula is C18H22N2S2. The van der Waals surface area contributed by atoms with Crippen molar-refractivity contribution in [3.63, 3.8) is 0 Å². The van der Waals surface area contributed by atoms with Gasteiger partial charge >= 0.3 is 0 Å². The van der Waals surface area contributed by atoms with Crippen molar-refractivity contribution in [2.24, 2.45) is 0 Å². The van der Waals surface area contributed by atoms with Gasteiger partial charge in [0.2, 0.25) is 0 Å². The van der Waals surface area contributed by atoms with E-state index in [1.54, 1.807) is 0 Å². The summed E-state index contributed by atoms with van der Waals surface area (Å²) in [6.07, 6.45) is 1.08. The fourth-order valence-electron chi connectivity index (χ4n) is 2.00. The van der Waals surface area contributed by atoms with Gasteiger partial charge in [-0.2, -0.15) is 0 Å². The Morgan fingerprint density at radius 1 is 1.05 bits per heavy atom. The summed E-state index contributed by atoms with van der Waals surface area (Å²) in [7, 11) is 0. The minimum absolute atomic E-state index is 0.686. The zero-order chi connectivity index (χ0) is 15.8. The van der Waals surface area contributed by atoms with Gasteiger partial charge in [-0.05, 0) is 68.1 Å². The molecular weight excluding hydrogens is 308 g/mol. The minimum atomic E-state index is 0.686. The van der Waals surface area contributed by atoms with Crippen molar-refractivity contribution in [3.05, 3.63) is 59.7 Å². The molecule has 2 nitrogen and oxygen atoms in total. The monoisotopic (exact) mass is 330 g/mol. The van der Waals surface area contributed by atoms with Gasteiger partial charge in [-0.3, -0.25) is 0 Å². The van der Waals surface area contributed by atoms with E-state index in [4.69, 9.17) is 12.2 Å². The molecule has 0 fully saturated rings. The molecule has 0 bridgehead atoms. The number of aryl methyl sites for hydroxylation is 2. The molecule has 0 unspecified atom stereocenters. The van der Waals surface area contributed by atoms with Crippen LogP contribution in [-0.4, -0.2) is 17.4 Å². The Kier molecular flexibility index (Phi) is 6.74. The summed E-state index contributed by atoms with van der Waals surface area (Å²) in [6, 6.07) is 16.9. The van der Waals surface area contributed by atoms with Gasteiger partial charge in [0.15, 0.2) is 5.11 Å². The second-order valence-corrected chi connectivity index (χ2v) is 6.84. The SMILES string of the molecule is Cc1ccc(SCCCNC(=S)Nc2cccc(C)c2)cc1. The molecule has 4 heteroatoms. The summed E-state index contributed by atoms with van der Waals surface area (Å²) in [4.78, 5) is 1.33. The van der Waals surface area contributed by atoms with Gasteiger partial charge in [0, 0.05) is 17.1 Å². The maximum Gasteiger partial charge on any atom is 0.170 e. The number of nitrogens with one attached hydrogen (secondary N) is 2. The van der Waals surface area contributed by atoms with E-state index in [0.29, 0.717) is 5.11 Å². The molecule has 0 spiro atoms. The van der Waals surface area contributed by atoms with E-state index in [-0.39, 0.29) is 0 Å². The van der Waals surface area contributed by atoms with Crippen LogP contribution in [0.15, 0.2) is 53.4 Å². The van der Waals surface area contributed by atoms with Gasteiger partial charge in [-0.25, -0.2) is 0 Å². The van der Waals surface area contributed by atoms with E-state index in [2.05, 4.69) is 60.9 Å². The van der Waals surface area contributed by atoms with Gasteiger partial charge < -0.3 is 10.6 Å². The van der Waals surface area contributed by atoms with Gasteiger partial charge in [0.05, 0.1) is 0 Å². The topological polar surface area (TPSA) is 24.1 Å². The molecule has 0 saturated carbocycles. The molecule has 22 heavy (non-hydrogen) atoms. The van der Waals surface area contributed by atoms with Gasteiger partial charge in [-0.1, -0.05) is 29.8 Å². The van der Waals surface area contributed by atoms with Crippen LogP contribution in [0.3, 0.4) is 0 Å². The molecule has 0 aliphatic rings. The first kappa shape index (κ1) is 16.8. The number of benzene rings is 2. The van der Waals surface area contributed by atoms with Crippen molar-refractivity contribution >= 4 is 34.8 Å². The van der Waals surface area contributed by atoms with Crippen molar-refractivity contribution in [1.29, 1.82) is 0 Å². The standard InChI is InChI=1S/C18H22N2S2/c1-14-7-9-17(10-8-14)22-12-4-11-19-18(21)20-16-6-3-5-15(2)13-16/h3,5-10,13H,4,11-12H2,1-2H3,(H2,19,20,21). The fourth-order valence-corrected chi connectivity index (χ4v) is 3.07. The molecule has 0 radical (unpaired) electrons. The number of hydrogen-bond donors (Lipinski definition) is 2. The third-order valence-electron chi connectivity index (χ3n) is 3.17. The van der Waals surface area contributed by atoms with Crippen molar-refractivity contribution in [1.82, 2.24) is 5.32 Å². The molecule has 0 heterocycles. The quantitative estimate of drug-likeness (QED) is 0.452. The van der Waals surface area contributed by atoms with Gasteiger partial charge in [-0.15, -0.1) is 11.8 Å². The Balaban J connectivity index is 1.62. The van der Waals surface area contributed by atoms with Crippen LogP contribution in [0.25, 0.3) is 0 Å². The largest absolute Gasteiger partial charge is 0.362 e. The van der Waals surface area contributed by atoms with E-state index in [1.807, 2.05) is 23.9 Å². The highest BCUT2D eigenvalue weighted by Crippen LogP contribution is 2.18. The van der Waals surface area contributed by atoms with Crippen LogP contribution >= 0.6 is 24.0 Å². The molecule has 2 N–H and O–H groups in total. The van der Waals surface area contributed by atoms with E-state index in [0.717, 1.165) is 24.4 Å². The summed E-state index contributed by atoms with van der Waals surface area (Å²) in [5, 5.41) is 7.15. The smallest absolute Gasteiger partial charge is 0.170 e. The minimum Gasteiger partial charge on any atom is -0.362 e. The Hall–Kier alpha value is -1.52. The maximum absolute atomic E-state index is 5.31. The van der Waals surface area contributed by atoms with Crippen LogP contribution in [0.1, 0.15) is 17.5 Å². The predicted octanol–water partition coefficient (Wildman–Crippen LogP) is 4.77. The molecule has 0 aromatic heterocycles. The van der Waals surface area contributed by atoms with Gasteiger partial charge in [0.25, 0.3) is 0 Å². The van der Waals surface area contributed by atoms with Crippen molar-refractivity contribution in [3.8, 4) is 0 Å². The average molecular weight is 331 g/mol. The Morgan fingerprint density at radius 3 is 2.55 bits per heavy atom. The fraction of sp³-hybridized carbons (Fsp3) is 0.278. The Bertz CT molecular complexity index is 609. The van der Waals surface area contributed by atoms with E-state index >= 15 is 0 Å². The second-order valence-electron chi connectivity index (χ2n) is 5.27. The van der Waals surface area contributed by atoms with Crippen LogP contribution in [0.4, 0.5) is 5.69 Å². The van der Waals surface area contributed by atoms with Crippen molar-refractivity contribution < 1.29 is 0 Å². The normalized spacial score (nSPS) is 10.3. The Morgan fingerprint density at radius 2 is 1.82 bits per heavy atom. The van der Waals surface area contributed by atoms with Crippen molar-refractivity contribution in [2.75, 3.05) is 17.6 Å². The van der Waals surface area contributed by atoms with Crippen molar-refractivity contribution in [2.45, 2.75) is 25.2 Å². The van der Waals surface area contributed by atoms with Crippen LogP contribution in [0, 0.1) is 13.8 Å².